The molecular weight excluding hydrogens is 276 g/mol. The van der Waals surface area contributed by atoms with Crippen LogP contribution in [0.2, 0.25) is 0 Å². The van der Waals surface area contributed by atoms with E-state index in [1.54, 1.807) is 7.05 Å². The summed E-state index contributed by atoms with van der Waals surface area (Å²) in [6.07, 6.45) is 2.26. The van der Waals surface area contributed by atoms with Crippen molar-refractivity contribution < 1.29 is 24.9 Å². The third kappa shape index (κ3) is 5.31. The van der Waals surface area contributed by atoms with E-state index in [0.29, 0.717) is 13.0 Å². The minimum atomic E-state index is -1.23. The van der Waals surface area contributed by atoms with Crippen LogP contribution in [0.4, 0.5) is 10.5 Å². The molecule has 0 aliphatic heterocycles. The Morgan fingerprint density at radius 1 is 1.24 bits per heavy atom. The number of benzene rings is 1. The fourth-order valence-electron chi connectivity index (χ4n) is 1.77. The maximum absolute atomic E-state index is 11.9. The first-order chi connectivity index (χ1) is 9.95. The molecule has 7 nitrogen and oxygen atoms in total. The third-order valence-electron chi connectivity index (χ3n) is 2.97. The molecule has 1 aromatic rings. The Labute approximate surface area is 122 Å². The second-order valence-corrected chi connectivity index (χ2v) is 4.67. The van der Waals surface area contributed by atoms with Crippen LogP contribution in [0.15, 0.2) is 18.2 Å². The molecule has 1 aromatic carbocycles. The van der Waals surface area contributed by atoms with Crippen molar-refractivity contribution in [1.82, 2.24) is 4.90 Å². The lowest BCUT2D eigenvalue weighted by Gasteiger charge is -2.18. The highest BCUT2D eigenvalue weighted by Crippen LogP contribution is 2.21. The van der Waals surface area contributed by atoms with Crippen molar-refractivity contribution in [2.24, 2.45) is 0 Å². The number of aliphatic hydroxyl groups is 1. The lowest BCUT2D eigenvalue weighted by atomic mass is 10.1. The van der Waals surface area contributed by atoms with E-state index in [4.69, 9.17) is 10.2 Å². The van der Waals surface area contributed by atoms with E-state index in [1.807, 2.05) is 0 Å². The number of phenolic OH excluding ortho intramolecular Hbond substituents is 1. The summed E-state index contributed by atoms with van der Waals surface area (Å²) in [5.41, 5.74) is -0.0375. The van der Waals surface area contributed by atoms with Gasteiger partial charge >= 0.3 is 12.0 Å². The SMILES string of the molecule is CN(CCCCCO)C(=O)Nc1ccc(O)cc1C(=O)O. The van der Waals surface area contributed by atoms with Crippen LogP contribution in [0.5, 0.6) is 5.75 Å². The molecule has 0 atom stereocenters. The number of hydrogen-bond donors (Lipinski definition) is 4. The summed E-state index contributed by atoms with van der Waals surface area (Å²) in [5.74, 6) is -1.41. The number of carbonyl (C=O) groups excluding carboxylic acids is 1. The molecule has 0 radical (unpaired) electrons. The number of phenols is 1. The standard InChI is InChI=1S/C14H20N2O5/c1-16(7-3-2-4-8-17)14(21)15-12-6-5-10(18)9-11(12)13(19)20/h5-6,9,17-18H,2-4,7-8H2,1H3,(H,15,21)(H,19,20). The number of nitrogens with one attached hydrogen (secondary N) is 1. The lowest BCUT2D eigenvalue weighted by molar-refractivity contribution is 0.0697. The largest absolute Gasteiger partial charge is 0.508 e. The quantitative estimate of drug-likeness (QED) is 0.452. The molecular formula is C14H20N2O5. The van der Waals surface area contributed by atoms with E-state index in [1.165, 1.54) is 17.0 Å². The van der Waals surface area contributed by atoms with Crippen LogP contribution in [0, 0.1) is 0 Å². The topological polar surface area (TPSA) is 110 Å². The summed E-state index contributed by atoms with van der Waals surface area (Å²) in [4.78, 5) is 24.5. The number of aromatic hydroxyl groups is 1. The summed E-state index contributed by atoms with van der Waals surface area (Å²) in [7, 11) is 1.61. The molecule has 0 saturated heterocycles. The number of amides is 2. The summed E-state index contributed by atoms with van der Waals surface area (Å²) in [6.45, 7) is 0.637. The van der Waals surface area contributed by atoms with Gasteiger partial charge in [-0.2, -0.15) is 0 Å². The number of hydrogen-bond acceptors (Lipinski definition) is 4. The van der Waals surface area contributed by atoms with Crippen LogP contribution in [0.3, 0.4) is 0 Å². The molecule has 0 fully saturated rings. The van der Waals surface area contributed by atoms with Crippen LogP contribution in [-0.4, -0.2) is 52.4 Å². The highest BCUT2D eigenvalue weighted by molar-refractivity contribution is 6.00. The molecule has 0 spiro atoms. The first kappa shape index (κ1) is 16.8. The zero-order chi connectivity index (χ0) is 15.8. The van der Waals surface area contributed by atoms with Gasteiger partial charge in [0.05, 0.1) is 11.3 Å². The third-order valence-corrected chi connectivity index (χ3v) is 2.97. The Hall–Kier alpha value is -2.28. The fourth-order valence-corrected chi connectivity index (χ4v) is 1.77. The van der Waals surface area contributed by atoms with Gasteiger partial charge in [0, 0.05) is 20.2 Å². The van der Waals surface area contributed by atoms with Crippen LogP contribution < -0.4 is 5.32 Å². The Bertz CT molecular complexity index is 504. The number of nitrogens with zero attached hydrogens (tertiary/aromatic N) is 1. The number of rotatable bonds is 7. The van der Waals surface area contributed by atoms with Crippen molar-refractivity contribution in [2.75, 3.05) is 25.5 Å². The van der Waals surface area contributed by atoms with Gasteiger partial charge in [-0.3, -0.25) is 0 Å². The van der Waals surface area contributed by atoms with Crippen molar-refractivity contribution in [3.05, 3.63) is 23.8 Å². The van der Waals surface area contributed by atoms with Gasteiger partial charge in [-0.1, -0.05) is 0 Å². The molecule has 1 rings (SSSR count). The number of carbonyl (C=O) groups is 2. The monoisotopic (exact) mass is 296 g/mol. The van der Waals surface area contributed by atoms with Gasteiger partial charge < -0.3 is 25.5 Å². The van der Waals surface area contributed by atoms with Crippen molar-refractivity contribution in [3.63, 3.8) is 0 Å². The molecule has 0 heterocycles. The number of carboxylic acid groups (broad SMARTS) is 1. The maximum atomic E-state index is 11.9. The lowest BCUT2D eigenvalue weighted by Crippen LogP contribution is -2.32. The average Bonchev–Trinajstić information content (AvgIpc) is 2.44. The molecule has 0 saturated carbocycles. The molecule has 0 aromatic heterocycles. The minimum Gasteiger partial charge on any atom is -0.508 e. The van der Waals surface area contributed by atoms with Crippen LogP contribution in [-0.2, 0) is 0 Å². The molecule has 116 valence electrons. The zero-order valence-corrected chi connectivity index (χ0v) is 11.9. The van der Waals surface area contributed by atoms with Gasteiger partial charge in [-0.15, -0.1) is 0 Å². The summed E-state index contributed by atoms with van der Waals surface area (Å²) in [5, 5.41) is 29.5. The highest BCUT2D eigenvalue weighted by Gasteiger charge is 2.15. The molecule has 0 bridgehead atoms. The second-order valence-electron chi connectivity index (χ2n) is 4.67. The Morgan fingerprint density at radius 3 is 2.57 bits per heavy atom. The molecule has 0 aliphatic rings. The minimum absolute atomic E-state index is 0.130. The Balaban J connectivity index is 2.64. The van der Waals surface area contributed by atoms with Gasteiger partial charge in [-0.25, -0.2) is 9.59 Å². The smallest absolute Gasteiger partial charge is 0.337 e. The van der Waals surface area contributed by atoms with E-state index in [0.717, 1.165) is 18.9 Å². The van der Waals surface area contributed by atoms with Crippen LogP contribution in [0.25, 0.3) is 0 Å². The predicted octanol–water partition coefficient (Wildman–Crippen LogP) is 1.72. The van der Waals surface area contributed by atoms with Gasteiger partial charge in [0.15, 0.2) is 0 Å². The van der Waals surface area contributed by atoms with Gasteiger partial charge in [0.25, 0.3) is 0 Å². The van der Waals surface area contributed by atoms with Crippen LogP contribution in [0.1, 0.15) is 29.6 Å². The van der Waals surface area contributed by atoms with E-state index in [-0.39, 0.29) is 23.6 Å². The molecule has 2 amide bonds. The summed E-state index contributed by atoms with van der Waals surface area (Å²) >= 11 is 0. The first-order valence-electron chi connectivity index (χ1n) is 6.65. The molecule has 7 heteroatoms. The summed E-state index contributed by atoms with van der Waals surface area (Å²) in [6, 6.07) is 3.31. The highest BCUT2D eigenvalue weighted by atomic mass is 16.4. The normalized spacial score (nSPS) is 10.2. The summed E-state index contributed by atoms with van der Waals surface area (Å²) < 4.78 is 0. The van der Waals surface area contributed by atoms with Crippen molar-refractivity contribution in [3.8, 4) is 5.75 Å². The maximum Gasteiger partial charge on any atom is 0.337 e. The number of unbranched alkanes of at least 4 members (excludes halogenated alkanes) is 2. The second kappa shape index (κ2) is 8.11. The average molecular weight is 296 g/mol. The van der Waals surface area contributed by atoms with Gasteiger partial charge in [-0.05, 0) is 37.5 Å². The van der Waals surface area contributed by atoms with Crippen molar-refractivity contribution in [2.45, 2.75) is 19.3 Å². The molecule has 0 unspecified atom stereocenters. The van der Waals surface area contributed by atoms with Crippen LogP contribution >= 0.6 is 0 Å². The molecule has 0 aliphatic carbocycles. The fraction of sp³-hybridized carbons (Fsp3) is 0.429. The zero-order valence-electron chi connectivity index (χ0n) is 11.9. The number of carboxylic acids is 1. The Kier molecular flexibility index (Phi) is 6.48. The van der Waals surface area contributed by atoms with Crippen molar-refractivity contribution >= 4 is 17.7 Å². The first-order valence-corrected chi connectivity index (χ1v) is 6.65. The van der Waals surface area contributed by atoms with E-state index < -0.39 is 12.0 Å². The number of aromatic carboxylic acids is 1. The van der Waals surface area contributed by atoms with E-state index in [2.05, 4.69) is 5.32 Å². The van der Waals surface area contributed by atoms with Crippen molar-refractivity contribution in [1.29, 1.82) is 0 Å². The predicted molar refractivity (Wildman–Crippen MR) is 77.7 cm³/mol. The Morgan fingerprint density at radius 2 is 1.95 bits per heavy atom. The van der Waals surface area contributed by atoms with Gasteiger partial charge in [0.1, 0.15) is 5.75 Å². The van der Waals surface area contributed by atoms with Gasteiger partial charge in [0.2, 0.25) is 0 Å². The molecule has 4 N–H and O–H groups in total. The van der Waals surface area contributed by atoms with E-state index in [9.17, 15) is 14.7 Å². The number of urea groups is 1. The molecule has 21 heavy (non-hydrogen) atoms. The number of aliphatic hydroxyl groups excluding tert-OH is 1. The number of anilines is 1. The van der Waals surface area contributed by atoms with E-state index >= 15 is 0 Å².